The Morgan fingerprint density at radius 1 is 1.20 bits per heavy atom. The highest BCUT2D eigenvalue weighted by Crippen LogP contribution is 1.92. The van der Waals surface area contributed by atoms with Gasteiger partial charge in [-0.2, -0.15) is 0 Å². The fourth-order valence-corrected chi connectivity index (χ4v) is 0.562. The molecule has 0 aliphatic heterocycles. The van der Waals surface area contributed by atoms with Gasteiger partial charge in [0.15, 0.2) is 0 Å². The van der Waals surface area contributed by atoms with Crippen molar-refractivity contribution in [3.8, 4) is 0 Å². The summed E-state index contributed by atoms with van der Waals surface area (Å²) in [6.07, 6.45) is 0.367. The molecule has 0 aliphatic carbocycles. The van der Waals surface area contributed by atoms with E-state index in [0.29, 0.717) is 6.10 Å². The van der Waals surface area contributed by atoms with Crippen LogP contribution in [0.4, 0.5) is 0 Å². The molecule has 0 aromatic carbocycles. The van der Waals surface area contributed by atoms with E-state index < -0.39 is 0 Å². The SMILES string of the molecule is CC(C)OCC[N+](C)(C)C. The summed E-state index contributed by atoms with van der Waals surface area (Å²) in [6, 6.07) is 0. The Morgan fingerprint density at radius 2 is 1.70 bits per heavy atom. The minimum atomic E-state index is 0.367. The van der Waals surface area contributed by atoms with E-state index in [1.54, 1.807) is 0 Å². The molecule has 0 atom stereocenters. The van der Waals surface area contributed by atoms with Crippen molar-refractivity contribution in [1.82, 2.24) is 0 Å². The molecule has 2 nitrogen and oxygen atoms in total. The molecule has 0 heterocycles. The van der Waals surface area contributed by atoms with Gasteiger partial charge in [0.1, 0.15) is 6.54 Å². The Labute approximate surface area is 64.4 Å². The van der Waals surface area contributed by atoms with Crippen LogP contribution < -0.4 is 0 Å². The summed E-state index contributed by atoms with van der Waals surface area (Å²) in [5, 5.41) is 0. The van der Waals surface area contributed by atoms with E-state index in [1.807, 2.05) is 0 Å². The van der Waals surface area contributed by atoms with E-state index >= 15 is 0 Å². The predicted molar refractivity (Wildman–Crippen MR) is 44.0 cm³/mol. The van der Waals surface area contributed by atoms with Crippen LogP contribution in [0, 0.1) is 0 Å². The highest BCUT2D eigenvalue weighted by molar-refractivity contribution is 4.35. The van der Waals surface area contributed by atoms with Gasteiger partial charge in [0.25, 0.3) is 0 Å². The van der Waals surface area contributed by atoms with Gasteiger partial charge in [-0.15, -0.1) is 0 Å². The number of ether oxygens (including phenoxy) is 1. The van der Waals surface area contributed by atoms with Crippen LogP contribution in [0.2, 0.25) is 0 Å². The molecule has 0 saturated carbocycles. The van der Waals surface area contributed by atoms with E-state index in [1.165, 1.54) is 0 Å². The van der Waals surface area contributed by atoms with E-state index in [-0.39, 0.29) is 0 Å². The molecule has 0 aromatic heterocycles. The number of nitrogens with zero attached hydrogens (tertiary/aromatic N) is 1. The average Bonchev–Trinajstić information content (AvgIpc) is 1.59. The van der Waals surface area contributed by atoms with Crippen LogP contribution in [0.25, 0.3) is 0 Å². The molecule has 0 aromatic rings. The second-order valence-electron chi connectivity index (χ2n) is 3.93. The minimum Gasteiger partial charge on any atom is -0.373 e. The maximum absolute atomic E-state index is 5.40. The molecule has 10 heavy (non-hydrogen) atoms. The van der Waals surface area contributed by atoms with Crippen molar-refractivity contribution in [1.29, 1.82) is 0 Å². The zero-order valence-corrected chi connectivity index (χ0v) is 7.85. The van der Waals surface area contributed by atoms with E-state index in [9.17, 15) is 0 Å². The summed E-state index contributed by atoms with van der Waals surface area (Å²) in [4.78, 5) is 0. The number of quaternary nitrogens is 1. The molecule has 0 radical (unpaired) electrons. The lowest BCUT2D eigenvalue weighted by molar-refractivity contribution is -0.870. The van der Waals surface area contributed by atoms with Crippen molar-refractivity contribution < 1.29 is 9.22 Å². The summed E-state index contributed by atoms with van der Waals surface area (Å²) >= 11 is 0. The van der Waals surface area contributed by atoms with Crippen molar-refractivity contribution in [2.75, 3.05) is 34.3 Å². The largest absolute Gasteiger partial charge is 0.373 e. The second kappa shape index (κ2) is 3.94. The summed E-state index contributed by atoms with van der Waals surface area (Å²) in [5.41, 5.74) is 0. The third-order valence-electron chi connectivity index (χ3n) is 1.21. The van der Waals surface area contributed by atoms with Gasteiger partial charge in [0, 0.05) is 0 Å². The van der Waals surface area contributed by atoms with Crippen LogP contribution in [-0.4, -0.2) is 44.9 Å². The predicted octanol–water partition coefficient (Wildman–Crippen LogP) is 1.12. The molecule has 0 saturated heterocycles. The standard InChI is InChI=1S/C8H20NO/c1-8(2)10-7-6-9(3,4)5/h8H,6-7H2,1-5H3/q+1. The van der Waals surface area contributed by atoms with Crippen molar-refractivity contribution in [2.24, 2.45) is 0 Å². The monoisotopic (exact) mass is 146 g/mol. The maximum Gasteiger partial charge on any atom is 0.102 e. The third kappa shape index (κ3) is 7.92. The quantitative estimate of drug-likeness (QED) is 0.540. The fraction of sp³-hybridized carbons (Fsp3) is 1.00. The van der Waals surface area contributed by atoms with Crippen LogP contribution >= 0.6 is 0 Å². The van der Waals surface area contributed by atoms with E-state index in [0.717, 1.165) is 17.6 Å². The minimum absolute atomic E-state index is 0.367. The average molecular weight is 146 g/mol. The van der Waals surface area contributed by atoms with Gasteiger partial charge in [-0.3, -0.25) is 0 Å². The molecular weight excluding hydrogens is 126 g/mol. The van der Waals surface area contributed by atoms with Crippen LogP contribution in [0.1, 0.15) is 13.8 Å². The van der Waals surface area contributed by atoms with Gasteiger partial charge in [-0.25, -0.2) is 0 Å². The zero-order chi connectivity index (χ0) is 8.20. The van der Waals surface area contributed by atoms with Gasteiger partial charge in [-0.05, 0) is 13.8 Å². The molecule has 0 unspecified atom stereocenters. The van der Waals surface area contributed by atoms with E-state index in [2.05, 4.69) is 35.0 Å². The Balaban J connectivity index is 3.21. The normalized spacial score (nSPS) is 12.6. The van der Waals surface area contributed by atoms with E-state index in [4.69, 9.17) is 4.74 Å². The lowest BCUT2D eigenvalue weighted by Crippen LogP contribution is -2.38. The number of hydrogen-bond acceptors (Lipinski definition) is 1. The van der Waals surface area contributed by atoms with Gasteiger partial charge in [0.2, 0.25) is 0 Å². The number of rotatable bonds is 4. The summed E-state index contributed by atoms with van der Waals surface area (Å²) in [5.74, 6) is 0. The van der Waals surface area contributed by atoms with Gasteiger partial charge >= 0.3 is 0 Å². The molecular formula is C8H20NO+. The Morgan fingerprint density at radius 3 is 2.00 bits per heavy atom. The first-order chi connectivity index (χ1) is 4.42. The summed E-state index contributed by atoms with van der Waals surface area (Å²) in [7, 11) is 6.51. The van der Waals surface area contributed by atoms with Crippen LogP contribution in [-0.2, 0) is 4.74 Å². The Bertz CT molecular complexity index is 83.7. The van der Waals surface area contributed by atoms with Crippen molar-refractivity contribution >= 4 is 0 Å². The maximum atomic E-state index is 5.40. The van der Waals surface area contributed by atoms with Gasteiger partial charge in [-0.1, -0.05) is 0 Å². The topological polar surface area (TPSA) is 9.23 Å². The van der Waals surface area contributed by atoms with Gasteiger partial charge in [0.05, 0.1) is 33.9 Å². The first-order valence-electron chi connectivity index (χ1n) is 3.84. The second-order valence-corrected chi connectivity index (χ2v) is 3.93. The van der Waals surface area contributed by atoms with Crippen LogP contribution in [0.3, 0.4) is 0 Å². The first kappa shape index (κ1) is 9.92. The molecule has 2 heteroatoms. The Kier molecular flexibility index (Phi) is 3.91. The summed E-state index contributed by atoms with van der Waals surface area (Å²) in [6.45, 7) is 6.07. The number of hydrogen-bond donors (Lipinski definition) is 0. The molecule has 0 N–H and O–H groups in total. The molecule has 0 bridgehead atoms. The summed E-state index contributed by atoms with van der Waals surface area (Å²) < 4.78 is 6.38. The highest BCUT2D eigenvalue weighted by atomic mass is 16.5. The fourth-order valence-electron chi connectivity index (χ4n) is 0.562. The van der Waals surface area contributed by atoms with Gasteiger partial charge < -0.3 is 9.22 Å². The van der Waals surface area contributed by atoms with Crippen molar-refractivity contribution in [3.05, 3.63) is 0 Å². The first-order valence-corrected chi connectivity index (χ1v) is 3.84. The Hall–Kier alpha value is -0.0800. The van der Waals surface area contributed by atoms with Crippen LogP contribution in [0.15, 0.2) is 0 Å². The zero-order valence-electron chi connectivity index (χ0n) is 7.85. The molecule has 0 spiro atoms. The molecule has 0 aliphatic rings. The lowest BCUT2D eigenvalue weighted by Gasteiger charge is -2.24. The number of likely N-dealkylation sites (N-methyl/N-ethyl adjacent to an activating group) is 1. The molecule has 0 amide bonds. The van der Waals surface area contributed by atoms with Crippen LogP contribution in [0.5, 0.6) is 0 Å². The molecule has 62 valence electrons. The molecule has 0 rings (SSSR count). The van der Waals surface area contributed by atoms with Crippen molar-refractivity contribution in [3.63, 3.8) is 0 Å². The smallest absolute Gasteiger partial charge is 0.102 e. The third-order valence-corrected chi connectivity index (χ3v) is 1.21. The highest BCUT2D eigenvalue weighted by Gasteiger charge is 2.05. The molecule has 0 fully saturated rings. The van der Waals surface area contributed by atoms with Crippen molar-refractivity contribution in [2.45, 2.75) is 20.0 Å². The lowest BCUT2D eigenvalue weighted by atomic mass is 10.5.